The van der Waals surface area contributed by atoms with E-state index in [-0.39, 0.29) is 5.57 Å². The number of aromatic nitrogens is 1. The highest BCUT2D eigenvalue weighted by molar-refractivity contribution is 6.31. The molecule has 1 aromatic carbocycles. The van der Waals surface area contributed by atoms with Crippen molar-refractivity contribution in [3.05, 3.63) is 70.6 Å². The van der Waals surface area contributed by atoms with Gasteiger partial charge in [0.1, 0.15) is 11.6 Å². The SMILES string of the molecule is Cc1ccc(N/C=C(/C#N)C(=O)NCc2cccnc2)cc1Cl. The molecule has 5 nitrogen and oxygen atoms in total. The summed E-state index contributed by atoms with van der Waals surface area (Å²) in [6.45, 7) is 2.20. The molecule has 0 radical (unpaired) electrons. The number of nitrogens with zero attached hydrogens (tertiary/aromatic N) is 2. The molecule has 6 heteroatoms. The Hall–Kier alpha value is -2.84. The van der Waals surface area contributed by atoms with Crippen LogP contribution in [0.5, 0.6) is 0 Å². The van der Waals surface area contributed by atoms with Gasteiger partial charge in [-0.15, -0.1) is 0 Å². The van der Waals surface area contributed by atoms with Crippen LogP contribution in [0.15, 0.2) is 54.5 Å². The normalized spacial score (nSPS) is 10.7. The van der Waals surface area contributed by atoms with E-state index in [0.29, 0.717) is 17.3 Å². The van der Waals surface area contributed by atoms with Crippen molar-refractivity contribution in [3.8, 4) is 6.07 Å². The van der Waals surface area contributed by atoms with Crippen LogP contribution in [0.25, 0.3) is 0 Å². The van der Waals surface area contributed by atoms with Gasteiger partial charge < -0.3 is 10.6 Å². The maximum absolute atomic E-state index is 12.0. The Bertz CT molecular complexity index is 766. The molecule has 0 saturated heterocycles. The summed E-state index contributed by atoms with van der Waals surface area (Å²) in [5.74, 6) is -0.456. The van der Waals surface area contributed by atoms with Crippen LogP contribution in [-0.2, 0) is 11.3 Å². The molecular weight excluding hydrogens is 312 g/mol. The number of aryl methyl sites for hydroxylation is 1. The summed E-state index contributed by atoms with van der Waals surface area (Å²) in [4.78, 5) is 16.0. The largest absolute Gasteiger partial charge is 0.360 e. The first-order valence-electron chi connectivity index (χ1n) is 6.90. The molecule has 1 heterocycles. The van der Waals surface area contributed by atoms with E-state index in [1.165, 1.54) is 6.20 Å². The average molecular weight is 327 g/mol. The molecule has 2 N–H and O–H groups in total. The molecule has 23 heavy (non-hydrogen) atoms. The van der Waals surface area contributed by atoms with Gasteiger partial charge in [-0.2, -0.15) is 5.26 Å². The van der Waals surface area contributed by atoms with Crippen molar-refractivity contribution >= 4 is 23.2 Å². The molecule has 1 aromatic heterocycles. The summed E-state index contributed by atoms with van der Waals surface area (Å²) >= 11 is 6.03. The number of amides is 1. The first-order chi connectivity index (χ1) is 11.1. The van der Waals surface area contributed by atoms with Crippen molar-refractivity contribution in [2.24, 2.45) is 0 Å². The Balaban J connectivity index is 1.99. The quantitative estimate of drug-likeness (QED) is 0.653. The van der Waals surface area contributed by atoms with Crippen molar-refractivity contribution in [1.82, 2.24) is 10.3 Å². The average Bonchev–Trinajstić information content (AvgIpc) is 2.57. The molecule has 116 valence electrons. The Kier molecular flexibility index (Phi) is 5.73. The summed E-state index contributed by atoms with van der Waals surface area (Å²) < 4.78 is 0. The molecular formula is C17H15ClN4O. The van der Waals surface area contributed by atoms with Gasteiger partial charge in [-0.05, 0) is 36.2 Å². The van der Waals surface area contributed by atoms with Gasteiger partial charge in [0.05, 0.1) is 0 Å². The number of nitriles is 1. The third-order valence-electron chi connectivity index (χ3n) is 3.10. The van der Waals surface area contributed by atoms with E-state index < -0.39 is 5.91 Å². The fourth-order valence-corrected chi connectivity index (χ4v) is 1.95. The number of carbonyl (C=O) groups is 1. The predicted octanol–water partition coefficient (Wildman–Crippen LogP) is 3.18. The summed E-state index contributed by atoms with van der Waals surface area (Å²) in [7, 11) is 0. The number of benzene rings is 1. The van der Waals surface area contributed by atoms with E-state index in [2.05, 4.69) is 15.6 Å². The number of carbonyl (C=O) groups excluding carboxylic acids is 1. The number of hydrogen-bond acceptors (Lipinski definition) is 4. The lowest BCUT2D eigenvalue weighted by Gasteiger charge is -2.06. The molecule has 1 amide bonds. The number of anilines is 1. The van der Waals surface area contributed by atoms with Gasteiger partial charge in [-0.25, -0.2) is 0 Å². The molecule has 0 aliphatic carbocycles. The Labute approximate surface area is 139 Å². The highest BCUT2D eigenvalue weighted by Gasteiger charge is 2.08. The molecule has 0 saturated carbocycles. The lowest BCUT2D eigenvalue weighted by Crippen LogP contribution is -2.24. The molecule has 0 fully saturated rings. The summed E-state index contributed by atoms with van der Waals surface area (Å²) in [6, 6.07) is 10.9. The summed E-state index contributed by atoms with van der Waals surface area (Å²) in [6.07, 6.45) is 4.67. The summed E-state index contributed by atoms with van der Waals surface area (Å²) in [5.41, 5.74) is 2.49. The van der Waals surface area contributed by atoms with E-state index in [4.69, 9.17) is 16.9 Å². The van der Waals surface area contributed by atoms with Crippen LogP contribution in [0.4, 0.5) is 5.69 Å². The lowest BCUT2D eigenvalue weighted by molar-refractivity contribution is -0.117. The van der Waals surface area contributed by atoms with Crippen molar-refractivity contribution < 1.29 is 4.79 Å². The second-order valence-corrected chi connectivity index (χ2v) is 5.23. The standard InChI is InChI=1S/C17H15ClN4O/c1-12-4-5-15(7-16(12)18)21-11-14(8-19)17(23)22-10-13-3-2-6-20-9-13/h2-7,9,11,21H,10H2,1H3,(H,22,23)/b14-11-. The number of rotatable bonds is 5. The zero-order valence-corrected chi connectivity index (χ0v) is 13.3. The third kappa shape index (κ3) is 4.83. The van der Waals surface area contributed by atoms with Gasteiger partial charge in [-0.3, -0.25) is 9.78 Å². The highest BCUT2D eigenvalue weighted by Crippen LogP contribution is 2.20. The molecule has 2 aromatic rings. The third-order valence-corrected chi connectivity index (χ3v) is 3.50. The minimum atomic E-state index is -0.456. The second-order valence-electron chi connectivity index (χ2n) is 4.82. The van der Waals surface area contributed by atoms with Crippen molar-refractivity contribution in [2.75, 3.05) is 5.32 Å². The van der Waals surface area contributed by atoms with Crippen molar-refractivity contribution in [1.29, 1.82) is 5.26 Å². The number of hydrogen-bond donors (Lipinski definition) is 2. The van der Waals surface area contributed by atoms with E-state index in [0.717, 1.165) is 11.1 Å². The van der Waals surface area contributed by atoms with E-state index >= 15 is 0 Å². The number of halogens is 1. The zero-order valence-electron chi connectivity index (χ0n) is 12.5. The van der Waals surface area contributed by atoms with Gasteiger partial charge in [0.2, 0.25) is 0 Å². The fraction of sp³-hybridized carbons (Fsp3) is 0.118. The van der Waals surface area contributed by atoms with E-state index in [1.807, 2.05) is 31.2 Å². The van der Waals surface area contributed by atoms with Gasteiger partial charge in [0, 0.05) is 35.8 Å². The maximum atomic E-state index is 12.0. The fourth-order valence-electron chi connectivity index (χ4n) is 1.77. The molecule has 0 spiro atoms. The van der Waals surface area contributed by atoms with Crippen LogP contribution in [0.3, 0.4) is 0 Å². The van der Waals surface area contributed by atoms with Crippen LogP contribution in [0, 0.1) is 18.3 Å². The number of pyridine rings is 1. The van der Waals surface area contributed by atoms with Gasteiger partial charge in [0.15, 0.2) is 0 Å². The monoisotopic (exact) mass is 326 g/mol. The highest BCUT2D eigenvalue weighted by atomic mass is 35.5. The minimum Gasteiger partial charge on any atom is -0.360 e. The van der Waals surface area contributed by atoms with Gasteiger partial charge in [0.25, 0.3) is 5.91 Å². The maximum Gasteiger partial charge on any atom is 0.263 e. The first kappa shape index (κ1) is 16.5. The lowest BCUT2D eigenvalue weighted by atomic mass is 10.2. The second kappa shape index (κ2) is 7.97. The van der Waals surface area contributed by atoms with Crippen molar-refractivity contribution in [2.45, 2.75) is 13.5 Å². The van der Waals surface area contributed by atoms with Crippen LogP contribution in [0.1, 0.15) is 11.1 Å². The molecule has 0 atom stereocenters. The zero-order chi connectivity index (χ0) is 16.7. The molecule has 0 bridgehead atoms. The van der Waals surface area contributed by atoms with Crippen LogP contribution in [0.2, 0.25) is 5.02 Å². The first-order valence-corrected chi connectivity index (χ1v) is 7.28. The molecule has 0 aliphatic rings. The summed E-state index contributed by atoms with van der Waals surface area (Å²) in [5, 5.41) is 15.3. The molecule has 2 rings (SSSR count). The van der Waals surface area contributed by atoms with Gasteiger partial charge in [-0.1, -0.05) is 23.7 Å². The topological polar surface area (TPSA) is 77.8 Å². The predicted molar refractivity (Wildman–Crippen MR) is 89.6 cm³/mol. The minimum absolute atomic E-state index is 0.0226. The van der Waals surface area contributed by atoms with Crippen molar-refractivity contribution in [3.63, 3.8) is 0 Å². The Morgan fingerprint density at radius 3 is 2.91 bits per heavy atom. The Morgan fingerprint density at radius 1 is 1.43 bits per heavy atom. The van der Waals surface area contributed by atoms with Crippen LogP contribution in [-0.4, -0.2) is 10.9 Å². The molecule has 0 unspecified atom stereocenters. The van der Waals surface area contributed by atoms with Gasteiger partial charge >= 0.3 is 0 Å². The van der Waals surface area contributed by atoms with E-state index in [9.17, 15) is 4.79 Å². The van der Waals surface area contributed by atoms with Crippen LogP contribution < -0.4 is 10.6 Å². The molecule has 0 aliphatic heterocycles. The number of nitrogens with one attached hydrogen (secondary N) is 2. The smallest absolute Gasteiger partial charge is 0.263 e. The Morgan fingerprint density at radius 2 is 2.26 bits per heavy atom. The van der Waals surface area contributed by atoms with E-state index in [1.54, 1.807) is 24.5 Å². The van der Waals surface area contributed by atoms with Crippen LogP contribution >= 0.6 is 11.6 Å².